The zero-order chi connectivity index (χ0) is 15.0. The number of aryl methyl sites for hydroxylation is 2. The molecule has 2 aliphatic heterocycles. The number of hydrogen-bond acceptors (Lipinski definition) is 5. The minimum absolute atomic E-state index is 0.00155. The van der Waals surface area contributed by atoms with Gasteiger partial charge in [-0.25, -0.2) is 0 Å². The van der Waals surface area contributed by atoms with E-state index in [0.717, 1.165) is 43.9 Å². The molecular weight excluding hydrogens is 270 g/mol. The second-order valence-corrected chi connectivity index (χ2v) is 6.10. The van der Waals surface area contributed by atoms with Gasteiger partial charge in [0, 0.05) is 25.7 Å². The van der Waals surface area contributed by atoms with Crippen LogP contribution in [-0.4, -0.2) is 48.3 Å². The van der Waals surface area contributed by atoms with Crippen molar-refractivity contribution in [2.45, 2.75) is 45.4 Å². The van der Waals surface area contributed by atoms with Crippen molar-refractivity contribution >= 4 is 5.91 Å². The third-order valence-corrected chi connectivity index (χ3v) is 4.74. The van der Waals surface area contributed by atoms with Crippen LogP contribution in [0.2, 0.25) is 0 Å². The summed E-state index contributed by atoms with van der Waals surface area (Å²) in [4.78, 5) is 14.1. The largest absolute Gasteiger partial charge is 0.364 e. The molecule has 0 aromatic carbocycles. The van der Waals surface area contributed by atoms with E-state index in [2.05, 4.69) is 15.4 Å². The molecule has 3 atom stereocenters. The summed E-state index contributed by atoms with van der Waals surface area (Å²) in [6.45, 7) is 6.69. The normalized spacial score (nSPS) is 29.4. The quantitative estimate of drug-likeness (QED) is 0.901. The van der Waals surface area contributed by atoms with Crippen molar-refractivity contribution in [3.8, 4) is 0 Å². The Morgan fingerprint density at radius 3 is 2.95 bits per heavy atom. The van der Waals surface area contributed by atoms with Gasteiger partial charge in [0.15, 0.2) is 0 Å². The predicted molar refractivity (Wildman–Crippen MR) is 76.7 cm³/mol. The van der Waals surface area contributed by atoms with Crippen molar-refractivity contribution in [1.82, 2.24) is 15.4 Å². The van der Waals surface area contributed by atoms with Crippen LogP contribution in [0, 0.1) is 19.8 Å². The summed E-state index contributed by atoms with van der Waals surface area (Å²) >= 11 is 0. The third kappa shape index (κ3) is 2.82. The van der Waals surface area contributed by atoms with Crippen LogP contribution in [0.3, 0.4) is 0 Å². The third-order valence-electron chi connectivity index (χ3n) is 4.74. The van der Waals surface area contributed by atoms with Crippen LogP contribution in [0.15, 0.2) is 4.52 Å². The fourth-order valence-electron chi connectivity index (χ4n) is 3.42. The number of carbonyl (C=O) groups is 1. The Morgan fingerprint density at radius 1 is 1.48 bits per heavy atom. The number of aromatic nitrogens is 1. The number of amides is 1. The molecule has 2 aliphatic rings. The first-order valence-electron chi connectivity index (χ1n) is 7.59. The zero-order valence-electron chi connectivity index (χ0n) is 12.9. The summed E-state index contributed by atoms with van der Waals surface area (Å²) in [5.41, 5.74) is 2.14. The highest BCUT2D eigenvalue weighted by Crippen LogP contribution is 2.34. The number of rotatable bonds is 3. The summed E-state index contributed by atoms with van der Waals surface area (Å²) in [7, 11) is 1.66. The molecule has 6 nitrogen and oxygen atoms in total. The first kappa shape index (κ1) is 14.5. The van der Waals surface area contributed by atoms with Gasteiger partial charge in [-0.1, -0.05) is 5.16 Å². The maximum absolute atomic E-state index is 11.7. The van der Waals surface area contributed by atoms with E-state index in [1.54, 1.807) is 7.05 Å². The molecule has 0 spiro atoms. The van der Waals surface area contributed by atoms with Gasteiger partial charge in [-0.15, -0.1) is 0 Å². The Morgan fingerprint density at radius 2 is 2.29 bits per heavy atom. The lowest BCUT2D eigenvalue weighted by Crippen LogP contribution is -2.42. The van der Waals surface area contributed by atoms with Gasteiger partial charge >= 0.3 is 0 Å². The Kier molecular flexibility index (Phi) is 3.99. The molecule has 3 rings (SSSR count). The molecular formula is C15H23N3O3. The maximum Gasteiger partial charge on any atom is 0.248 e. The molecule has 0 saturated carbocycles. The first-order valence-corrected chi connectivity index (χ1v) is 7.59. The molecule has 1 aromatic rings. The molecule has 1 N–H and O–H groups in total. The number of ether oxygens (including phenoxy) is 1. The van der Waals surface area contributed by atoms with Crippen LogP contribution in [0.1, 0.15) is 29.9 Å². The number of carbonyl (C=O) groups excluding carboxylic acids is 1. The standard InChI is InChI=1S/C15H23N3O3/c1-9-12(10(2)21-17-9)7-18-5-4-11-6-13(15(19)16-3)20-14(11)8-18/h11,13-14H,4-8H2,1-3H3,(H,16,19)/t11-,13-,14+/m0/s1. The van der Waals surface area contributed by atoms with Crippen molar-refractivity contribution in [2.75, 3.05) is 20.1 Å². The Bertz CT molecular complexity index is 509. The molecule has 1 aromatic heterocycles. The molecule has 0 unspecified atom stereocenters. The molecule has 0 aliphatic carbocycles. The van der Waals surface area contributed by atoms with Crippen LogP contribution >= 0.6 is 0 Å². The van der Waals surface area contributed by atoms with Crippen LogP contribution in [0.5, 0.6) is 0 Å². The minimum Gasteiger partial charge on any atom is -0.364 e. The van der Waals surface area contributed by atoms with Crippen molar-refractivity contribution in [2.24, 2.45) is 5.92 Å². The summed E-state index contributed by atoms with van der Waals surface area (Å²) < 4.78 is 11.2. The molecule has 2 fully saturated rings. The van der Waals surface area contributed by atoms with E-state index in [4.69, 9.17) is 9.26 Å². The van der Waals surface area contributed by atoms with E-state index in [0.29, 0.717) is 5.92 Å². The fraction of sp³-hybridized carbons (Fsp3) is 0.733. The minimum atomic E-state index is -0.274. The molecule has 3 heterocycles. The van der Waals surface area contributed by atoms with Gasteiger partial charge in [0.05, 0.1) is 11.8 Å². The van der Waals surface area contributed by atoms with Gasteiger partial charge in [-0.05, 0) is 39.2 Å². The van der Waals surface area contributed by atoms with Gasteiger partial charge in [-0.2, -0.15) is 0 Å². The molecule has 21 heavy (non-hydrogen) atoms. The van der Waals surface area contributed by atoms with E-state index >= 15 is 0 Å². The topological polar surface area (TPSA) is 67.6 Å². The van der Waals surface area contributed by atoms with Gasteiger partial charge in [0.2, 0.25) is 5.91 Å². The molecule has 2 saturated heterocycles. The van der Waals surface area contributed by atoms with E-state index in [1.807, 2.05) is 13.8 Å². The summed E-state index contributed by atoms with van der Waals surface area (Å²) in [5.74, 6) is 1.40. The number of piperidine rings is 1. The fourth-order valence-corrected chi connectivity index (χ4v) is 3.42. The number of nitrogens with one attached hydrogen (secondary N) is 1. The molecule has 0 bridgehead atoms. The Hall–Kier alpha value is -1.40. The summed E-state index contributed by atoms with van der Waals surface area (Å²) in [6, 6.07) is 0. The smallest absolute Gasteiger partial charge is 0.248 e. The second kappa shape index (κ2) is 5.77. The first-order chi connectivity index (χ1) is 10.1. The van der Waals surface area contributed by atoms with Gasteiger partial charge in [0.25, 0.3) is 0 Å². The maximum atomic E-state index is 11.7. The predicted octanol–water partition coefficient (Wildman–Crippen LogP) is 1.02. The van der Waals surface area contributed by atoms with Crippen molar-refractivity contribution in [3.05, 3.63) is 17.0 Å². The lowest BCUT2D eigenvalue weighted by atomic mass is 9.91. The lowest BCUT2D eigenvalue weighted by Gasteiger charge is -2.33. The highest BCUT2D eigenvalue weighted by Gasteiger charge is 2.41. The van der Waals surface area contributed by atoms with E-state index in [1.165, 1.54) is 5.56 Å². The van der Waals surface area contributed by atoms with Crippen LogP contribution in [-0.2, 0) is 16.1 Å². The van der Waals surface area contributed by atoms with Crippen LogP contribution < -0.4 is 5.32 Å². The monoisotopic (exact) mass is 293 g/mol. The van der Waals surface area contributed by atoms with Crippen LogP contribution in [0.4, 0.5) is 0 Å². The zero-order valence-corrected chi connectivity index (χ0v) is 12.9. The average molecular weight is 293 g/mol. The molecule has 0 radical (unpaired) electrons. The van der Waals surface area contributed by atoms with Crippen molar-refractivity contribution in [1.29, 1.82) is 0 Å². The van der Waals surface area contributed by atoms with Crippen molar-refractivity contribution in [3.63, 3.8) is 0 Å². The number of nitrogens with zero attached hydrogens (tertiary/aromatic N) is 2. The Labute approximate surface area is 124 Å². The number of likely N-dealkylation sites (tertiary alicyclic amines) is 1. The SMILES string of the molecule is CNC(=O)[C@@H]1C[C@@H]2CCN(Cc3c(C)noc3C)C[C@H]2O1. The summed E-state index contributed by atoms with van der Waals surface area (Å²) in [5, 5.41) is 6.69. The Balaban J connectivity index is 1.61. The second-order valence-electron chi connectivity index (χ2n) is 6.10. The highest BCUT2D eigenvalue weighted by molar-refractivity contribution is 5.80. The van der Waals surface area contributed by atoms with Crippen LogP contribution in [0.25, 0.3) is 0 Å². The van der Waals surface area contributed by atoms with E-state index in [-0.39, 0.29) is 18.1 Å². The lowest BCUT2D eigenvalue weighted by molar-refractivity contribution is -0.132. The van der Waals surface area contributed by atoms with Crippen molar-refractivity contribution < 1.29 is 14.1 Å². The number of fused-ring (bicyclic) bond motifs is 1. The summed E-state index contributed by atoms with van der Waals surface area (Å²) in [6.07, 6.45) is 1.83. The van der Waals surface area contributed by atoms with Gasteiger partial charge in [-0.3, -0.25) is 9.69 Å². The average Bonchev–Trinajstić information content (AvgIpc) is 3.04. The molecule has 6 heteroatoms. The number of likely N-dealkylation sites (N-methyl/N-ethyl adjacent to an activating group) is 1. The molecule has 1 amide bonds. The van der Waals surface area contributed by atoms with E-state index in [9.17, 15) is 4.79 Å². The highest BCUT2D eigenvalue weighted by atomic mass is 16.5. The van der Waals surface area contributed by atoms with Gasteiger partial charge < -0.3 is 14.6 Å². The number of hydrogen-bond donors (Lipinski definition) is 1. The molecule has 116 valence electrons. The van der Waals surface area contributed by atoms with Gasteiger partial charge in [0.1, 0.15) is 11.9 Å². The van der Waals surface area contributed by atoms with E-state index < -0.39 is 0 Å².